The molecule has 0 N–H and O–H groups in total. The van der Waals surface area contributed by atoms with Crippen LogP contribution < -0.4 is 0 Å². The van der Waals surface area contributed by atoms with Gasteiger partial charge in [-0.25, -0.2) is 9.69 Å². The van der Waals surface area contributed by atoms with Crippen LogP contribution in [0.25, 0.3) is 0 Å². The molecule has 0 fully saturated rings. The van der Waals surface area contributed by atoms with E-state index in [0.29, 0.717) is 25.7 Å². The summed E-state index contributed by atoms with van der Waals surface area (Å²) in [4.78, 5) is 35.6. The van der Waals surface area contributed by atoms with Crippen LogP contribution in [0.3, 0.4) is 0 Å². The zero-order valence-corrected chi connectivity index (χ0v) is 14.4. The van der Waals surface area contributed by atoms with Crippen molar-refractivity contribution in [2.75, 3.05) is 7.11 Å². The Morgan fingerprint density at radius 1 is 1.18 bits per heavy atom. The minimum atomic E-state index is -0.639. The largest absolute Gasteiger partial charge is 0.469 e. The molecule has 0 saturated heterocycles. The Morgan fingerprint density at radius 3 is 2.27 bits per heavy atom. The monoisotopic (exact) mass is 315 g/mol. The van der Waals surface area contributed by atoms with Crippen molar-refractivity contribution in [1.29, 1.82) is 0 Å². The van der Waals surface area contributed by atoms with Crippen molar-refractivity contribution in [3.05, 3.63) is 0 Å². The molecule has 0 aromatic carbocycles. The third-order valence-electron chi connectivity index (χ3n) is 3.13. The summed E-state index contributed by atoms with van der Waals surface area (Å²) < 4.78 is 9.85. The van der Waals surface area contributed by atoms with E-state index in [9.17, 15) is 14.4 Å². The molecular formula is C16H29NO5. The molecule has 0 saturated carbocycles. The van der Waals surface area contributed by atoms with Gasteiger partial charge in [0.15, 0.2) is 0 Å². The van der Waals surface area contributed by atoms with Crippen molar-refractivity contribution in [2.24, 2.45) is 0 Å². The second kappa shape index (κ2) is 10.2. The molecule has 1 atom stereocenters. The number of methoxy groups -OCH3 is 1. The summed E-state index contributed by atoms with van der Waals surface area (Å²) in [7, 11) is 1.36. The molecule has 2 amide bonds. The number of carbonyl (C=O) groups is 3. The van der Waals surface area contributed by atoms with Crippen LogP contribution in [0.1, 0.15) is 66.2 Å². The highest BCUT2D eigenvalue weighted by atomic mass is 16.6. The minimum Gasteiger partial charge on any atom is -0.469 e. The van der Waals surface area contributed by atoms with Gasteiger partial charge in [-0.05, 0) is 40.0 Å². The normalized spacial score (nSPS) is 12.4. The van der Waals surface area contributed by atoms with Gasteiger partial charge < -0.3 is 9.47 Å². The Morgan fingerprint density at radius 2 is 1.82 bits per heavy atom. The third-order valence-corrected chi connectivity index (χ3v) is 3.13. The van der Waals surface area contributed by atoms with Crippen LogP contribution in [0.15, 0.2) is 0 Å². The smallest absolute Gasteiger partial charge is 0.417 e. The minimum absolute atomic E-state index is 0.199. The van der Waals surface area contributed by atoms with Crippen LogP contribution in [0.2, 0.25) is 0 Å². The Hall–Kier alpha value is -1.59. The number of hydrogen-bond acceptors (Lipinski definition) is 5. The third kappa shape index (κ3) is 8.64. The summed E-state index contributed by atoms with van der Waals surface area (Å²) >= 11 is 0. The lowest BCUT2D eigenvalue weighted by Gasteiger charge is -2.29. The number of imide groups is 1. The SMILES string of the molecule is CCCC(CCCCC(=O)OC)N(C=O)C(=O)OC(C)(C)C. The van der Waals surface area contributed by atoms with Crippen LogP contribution in [0.4, 0.5) is 4.79 Å². The van der Waals surface area contributed by atoms with Gasteiger partial charge in [-0.15, -0.1) is 0 Å². The van der Waals surface area contributed by atoms with Gasteiger partial charge in [0.2, 0.25) is 6.41 Å². The predicted octanol–water partition coefficient (Wildman–Crippen LogP) is 3.28. The number of hydrogen-bond donors (Lipinski definition) is 0. The maximum atomic E-state index is 12.1. The summed E-state index contributed by atoms with van der Waals surface area (Å²) in [6.45, 7) is 7.29. The van der Waals surface area contributed by atoms with Gasteiger partial charge in [-0.1, -0.05) is 19.8 Å². The van der Waals surface area contributed by atoms with E-state index in [0.717, 1.165) is 24.2 Å². The summed E-state index contributed by atoms with van der Waals surface area (Å²) in [6, 6.07) is -0.199. The molecule has 0 bridgehead atoms. The van der Waals surface area contributed by atoms with Crippen molar-refractivity contribution < 1.29 is 23.9 Å². The lowest BCUT2D eigenvalue weighted by molar-refractivity contribution is -0.140. The zero-order chi connectivity index (χ0) is 17.2. The quantitative estimate of drug-likeness (QED) is 0.371. The van der Waals surface area contributed by atoms with Crippen LogP contribution in [-0.4, -0.2) is 42.1 Å². The van der Waals surface area contributed by atoms with Gasteiger partial charge in [-0.3, -0.25) is 9.59 Å². The molecular weight excluding hydrogens is 286 g/mol. The highest BCUT2D eigenvalue weighted by Gasteiger charge is 2.27. The van der Waals surface area contributed by atoms with E-state index in [1.54, 1.807) is 20.8 Å². The van der Waals surface area contributed by atoms with Gasteiger partial charge in [0.25, 0.3) is 0 Å². The average molecular weight is 315 g/mol. The number of ether oxygens (including phenoxy) is 2. The average Bonchev–Trinajstić information content (AvgIpc) is 2.41. The van der Waals surface area contributed by atoms with Crippen molar-refractivity contribution in [1.82, 2.24) is 4.90 Å². The molecule has 0 aliphatic rings. The van der Waals surface area contributed by atoms with Gasteiger partial charge in [-0.2, -0.15) is 0 Å². The first-order valence-electron chi connectivity index (χ1n) is 7.78. The molecule has 0 aromatic rings. The predicted molar refractivity (Wildman–Crippen MR) is 83.3 cm³/mol. The zero-order valence-electron chi connectivity index (χ0n) is 14.4. The number of esters is 1. The lowest BCUT2D eigenvalue weighted by atomic mass is 10.0. The summed E-state index contributed by atoms with van der Waals surface area (Å²) in [5.74, 6) is -0.244. The molecule has 0 radical (unpaired) electrons. The first-order valence-corrected chi connectivity index (χ1v) is 7.78. The molecule has 0 aromatic heterocycles. The van der Waals surface area contributed by atoms with E-state index in [1.807, 2.05) is 6.92 Å². The van der Waals surface area contributed by atoms with E-state index in [2.05, 4.69) is 4.74 Å². The first-order chi connectivity index (χ1) is 10.2. The van der Waals surface area contributed by atoms with E-state index < -0.39 is 11.7 Å². The van der Waals surface area contributed by atoms with Gasteiger partial charge in [0.05, 0.1) is 7.11 Å². The Balaban J connectivity index is 4.56. The maximum Gasteiger partial charge on any atom is 0.417 e. The first kappa shape index (κ1) is 20.4. The van der Waals surface area contributed by atoms with Crippen LogP contribution in [-0.2, 0) is 19.1 Å². The molecule has 0 heterocycles. The summed E-state index contributed by atoms with van der Waals surface area (Å²) in [5.41, 5.74) is -0.639. The van der Waals surface area contributed by atoms with Crippen molar-refractivity contribution >= 4 is 18.5 Å². The van der Waals surface area contributed by atoms with Crippen molar-refractivity contribution in [3.8, 4) is 0 Å². The molecule has 128 valence electrons. The van der Waals surface area contributed by atoms with Gasteiger partial charge in [0.1, 0.15) is 5.60 Å². The van der Waals surface area contributed by atoms with E-state index >= 15 is 0 Å². The van der Waals surface area contributed by atoms with E-state index in [4.69, 9.17) is 4.74 Å². The van der Waals surface area contributed by atoms with Crippen LogP contribution in [0, 0.1) is 0 Å². The molecule has 6 nitrogen and oxygen atoms in total. The number of carbonyl (C=O) groups excluding carboxylic acids is 3. The molecule has 0 rings (SSSR count). The summed E-state index contributed by atoms with van der Waals surface area (Å²) in [5, 5.41) is 0. The molecule has 0 aliphatic heterocycles. The number of rotatable bonds is 9. The lowest BCUT2D eigenvalue weighted by Crippen LogP contribution is -2.42. The fourth-order valence-corrected chi connectivity index (χ4v) is 2.10. The van der Waals surface area contributed by atoms with E-state index in [1.165, 1.54) is 7.11 Å². The fraction of sp³-hybridized carbons (Fsp3) is 0.812. The Bertz CT molecular complexity index is 362. The van der Waals surface area contributed by atoms with Crippen molar-refractivity contribution in [2.45, 2.75) is 77.9 Å². The molecule has 1 unspecified atom stereocenters. The second-order valence-electron chi connectivity index (χ2n) is 6.26. The second-order valence-corrected chi connectivity index (χ2v) is 6.26. The summed E-state index contributed by atoms with van der Waals surface area (Å²) in [6.07, 6.45) is 3.92. The highest BCUT2D eigenvalue weighted by Crippen LogP contribution is 2.18. The molecule has 6 heteroatoms. The number of unbranched alkanes of at least 4 members (excludes halogenated alkanes) is 1. The topological polar surface area (TPSA) is 72.9 Å². The highest BCUT2D eigenvalue weighted by molar-refractivity contribution is 5.81. The molecule has 0 spiro atoms. The van der Waals surface area contributed by atoms with Gasteiger partial charge in [0, 0.05) is 12.5 Å². The number of amides is 2. The van der Waals surface area contributed by atoms with E-state index in [-0.39, 0.29) is 12.0 Å². The maximum absolute atomic E-state index is 12.1. The van der Waals surface area contributed by atoms with Crippen molar-refractivity contribution in [3.63, 3.8) is 0 Å². The fourth-order valence-electron chi connectivity index (χ4n) is 2.10. The number of nitrogens with zero attached hydrogens (tertiary/aromatic N) is 1. The van der Waals surface area contributed by atoms with Crippen LogP contribution >= 0.6 is 0 Å². The Kier molecular flexibility index (Phi) is 9.45. The van der Waals surface area contributed by atoms with Gasteiger partial charge >= 0.3 is 12.1 Å². The molecule has 22 heavy (non-hydrogen) atoms. The van der Waals surface area contributed by atoms with Crippen LogP contribution in [0.5, 0.6) is 0 Å². The molecule has 0 aliphatic carbocycles. The standard InChI is InChI=1S/C16H29NO5/c1-6-9-13(10-7-8-11-14(19)21-5)17(12-18)15(20)22-16(2,3)4/h12-13H,6-11H2,1-5H3. The Labute approximate surface area is 133 Å².